The topological polar surface area (TPSA) is 55.1 Å². The van der Waals surface area contributed by atoms with Crippen LogP contribution < -0.4 is 11.1 Å². The van der Waals surface area contributed by atoms with E-state index in [2.05, 4.69) is 5.32 Å². The Labute approximate surface area is 110 Å². The number of benzene rings is 1. The van der Waals surface area contributed by atoms with Gasteiger partial charge in [-0.25, -0.2) is 4.39 Å². The summed E-state index contributed by atoms with van der Waals surface area (Å²) in [6.45, 7) is 1.87. The number of rotatable bonds is 3. The molecule has 3 N–H and O–H groups in total. The third-order valence-electron chi connectivity index (χ3n) is 3.10. The Morgan fingerprint density at radius 2 is 2.44 bits per heavy atom. The maximum Gasteiger partial charge on any atom is 0.237 e. The monoisotopic (exact) mass is 268 g/mol. The van der Waals surface area contributed by atoms with Gasteiger partial charge in [0.05, 0.1) is 12.1 Å². The number of nitrogens with two attached hydrogens (primary N) is 1. The zero-order chi connectivity index (χ0) is 13.1. The van der Waals surface area contributed by atoms with Crippen molar-refractivity contribution in [2.75, 3.05) is 5.75 Å². The normalized spacial score (nSPS) is 20.1. The molecule has 0 aliphatic carbocycles. The van der Waals surface area contributed by atoms with Crippen molar-refractivity contribution in [3.8, 4) is 0 Å². The summed E-state index contributed by atoms with van der Waals surface area (Å²) in [6, 6.07) is 4.11. The fourth-order valence-electron chi connectivity index (χ4n) is 1.98. The highest BCUT2D eigenvalue weighted by Crippen LogP contribution is 2.36. The number of hydrogen-bond donors (Lipinski definition) is 2. The first kappa shape index (κ1) is 13.4. The van der Waals surface area contributed by atoms with Crippen LogP contribution in [0.25, 0.3) is 0 Å². The molecule has 0 saturated carbocycles. The molecular weight excluding hydrogens is 251 g/mol. The van der Waals surface area contributed by atoms with Gasteiger partial charge in [0.15, 0.2) is 0 Å². The van der Waals surface area contributed by atoms with Gasteiger partial charge in [0, 0.05) is 10.6 Å². The van der Waals surface area contributed by atoms with E-state index in [4.69, 9.17) is 5.73 Å². The quantitative estimate of drug-likeness (QED) is 0.883. The highest BCUT2D eigenvalue weighted by Gasteiger charge is 2.24. The number of amides is 1. The maximum absolute atomic E-state index is 13.3. The summed E-state index contributed by atoms with van der Waals surface area (Å²) < 4.78 is 13.3. The maximum atomic E-state index is 13.3. The highest BCUT2D eigenvalue weighted by molar-refractivity contribution is 7.99. The molecule has 18 heavy (non-hydrogen) atoms. The summed E-state index contributed by atoms with van der Waals surface area (Å²) in [5.41, 5.74) is 6.56. The van der Waals surface area contributed by atoms with E-state index in [0.717, 1.165) is 22.6 Å². The van der Waals surface area contributed by atoms with Crippen molar-refractivity contribution in [3.63, 3.8) is 0 Å². The van der Waals surface area contributed by atoms with Crippen molar-refractivity contribution < 1.29 is 9.18 Å². The molecule has 0 spiro atoms. The van der Waals surface area contributed by atoms with Crippen LogP contribution in [0.2, 0.25) is 0 Å². The molecule has 5 heteroatoms. The van der Waals surface area contributed by atoms with Crippen LogP contribution >= 0.6 is 11.8 Å². The Balaban J connectivity index is 2.17. The minimum Gasteiger partial charge on any atom is -0.348 e. The van der Waals surface area contributed by atoms with Crippen molar-refractivity contribution in [1.82, 2.24) is 5.32 Å². The number of carbonyl (C=O) groups is 1. The van der Waals surface area contributed by atoms with E-state index in [-0.39, 0.29) is 17.8 Å². The minimum atomic E-state index is -0.489. The van der Waals surface area contributed by atoms with E-state index in [9.17, 15) is 9.18 Å². The summed E-state index contributed by atoms with van der Waals surface area (Å²) in [6.07, 6.45) is 1.41. The number of fused-ring (bicyclic) bond motifs is 1. The summed E-state index contributed by atoms with van der Waals surface area (Å²) >= 11 is 1.69. The fourth-order valence-corrected chi connectivity index (χ4v) is 3.08. The molecule has 0 saturated heterocycles. The summed E-state index contributed by atoms with van der Waals surface area (Å²) in [5, 5.41) is 2.91. The first-order chi connectivity index (χ1) is 8.61. The smallest absolute Gasteiger partial charge is 0.237 e. The highest BCUT2D eigenvalue weighted by atomic mass is 32.2. The van der Waals surface area contributed by atoms with E-state index in [0.29, 0.717) is 6.42 Å². The standard InChI is InChI=1S/C13H17FN2OS/c1-2-10(15)13(17)16-11-5-6-18-12-4-3-8(14)7-9(11)12/h3-4,7,10-11H,2,5-6,15H2,1H3,(H,16,17)/t10-,11?/m1/s1. The fraction of sp³-hybridized carbons (Fsp3) is 0.462. The van der Waals surface area contributed by atoms with Crippen molar-refractivity contribution in [2.45, 2.75) is 36.7 Å². The zero-order valence-corrected chi connectivity index (χ0v) is 11.1. The Morgan fingerprint density at radius 3 is 3.17 bits per heavy atom. The molecule has 1 aliphatic heterocycles. The molecule has 1 amide bonds. The molecule has 98 valence electrons. The summed E-state index contributed by atoms with van der Waals surface area (Å²) in [7, 11) is 0. The second kappa shape index (κ2) is 5.71. The number of nitrogens with one attached hydrogen (secondary N) is 1. The molecule has 2 atom stereocenters. The van der Waals surface area contributed by atoms with Gasteiger partial charge in [-0.2, -0.15) is 0 Å². The van der Waals surface area contributed by atoms with Crippen molar-refractivity contribution >= 4 is 17.7 Å². The van der Waals surface area contributed by atoms with Crippen LogP contribution in [0.1, 0.15) is 31.4 Å². The molecule has 1 aromatic rings. The number of halogens is 1. The molecule has 1 aliphatic rings. The molecule has 1 aromatic carbocycles. The van der Waals surface area contributed by atoms with Crippen molar-refractivity contribution in [1.29, 1.82) is 0 Å². The van der Waals surface area contributed by atoms with E-state index in [1.165, 1.54) is 12.1 Å². The number of hydrogen-bond acceptors (Lipinski definition) is 3. The van der Waals surface area contributed by atoms with Gasteiger partial charge >= 0.3 is 0 Å². The Morgan fingerprint density at radius 1 is 1.67 bits per heavy atom. The Bertz CT molecular complexity index is 453. The van der Waals surface area contributed by atoms with Gasteiger partial charge in [-0.3, -0.25) is 4.79 Å². The largest absolute Gasteiger partial charge is 0.348 e. The first-order valence-corrected chi connectivity index (χ1v) is 7.08. The molecule has 1 heterocycles. The van der Waals surface area contributed by atoms with Crippen molar-refractivity contribution in [3.05, 3.63) is 29.6 Å². The van der Waals surface area contributed by atoms with Crippen molar-refractivity contribution in [2.24, 2.45) is 5.73 Å². The number of carbonyl (C=O) groups excluding carboxylic acids is 1. The average Bonchev–Trinajstić information content (AvgIpc) is 2.38. The molecule has 0 fully saturated rings. The predicted molar refractivity (Wildman–Crippen MR) is 70.9 cm³/mol. The van der Waals surface area contributed by atoms with Crippen LogP contribution in [0.3, 0.4) is 0 Å². The third-order valence-corrected chi connectivity index (χ3v) is 4.23. The first-order valence-electron chi connectivity index (χ1n) is 6.10. The molecular formula is C13H17FN2OS. The van der Waals surface area contributed by atoms with Crippen LogP contribution in [-0.4, -0.2) is 17.7 Å². The van der Waals surface area contributed by atoms with Gasteiger partial charge in [-0.05, 0) is 36.6 Å². The van der Waals surface area contributed by atoms with Gasteiger partial charge in [-0.1, -0.05) is 6.92 Å². The van der Waals surface area contributed by atoms with Crippen LogP contribution in [0.15, 0.2) is 23.1 Å². The van der Waals surface area contributed by atoms with Gasteiger partial charge in [-0.15, -0.1) is 11.8 Å². The van der Waals surface area contributed by atoms with E-state index < -0.39 is 6.04 Å². The van der Waals surface area contributed by atoms with Crippen LogP contribution in [0, 0.1) is 5.82 Å². The molecule has 0 radical (unpaired) electrons. The lowest BCUT2D eigenvalue weighted by molar-refractivity contribution is -0.123. The lowest BCUT2D eigenvalue weighted by Gasteiger charge is -2.27. The van der Waals surface area contributed by atoms with Crippen LogP contribution in [-0.2, 0) is 4.79 Å². The zero-order valence-electron chi connectivity index (χ0n) is 10.3. The average molecular weight is 268 g/mol. The predicted octanol–water partition coefficient (Wildman–Crippen LogP) is 2.22. The van der Waals surface area contributed by atoms with Crippen LogP contribution in [0.4, 0.5) is 4.39 Å². The molecule has 0 bridgehead atoms. The second-order valence-electron chi connectivity index (χ2n) is 4.40. The van der Waals surface area contributed by atoms with Gasteiger partial charge in [0.25, 0.3) is 0 Å². The number of thioether (sulfide) groups is 1. The summed E-state index contributed by atoms with van der Waals surface area (Å²) in [5.74, 6) is 0.491. The lowest BCUT2D eigenvalue weighted by atomic mass is 10.0. The van der Waals surface area contributed by atoms with Gasteiger partial charge < -0.3 is 11.1 Å². The molecule has 3 nitrogen and oxygen atoms in total. The van der Waals surface area contributed by atoms with Crippen LogP contribution in [0.5, 0.6) is 0 Å². The molecule has 0 aromatic heterocycles. The lowest BCUT2D eigenvalue weighted by Crippen LogP contribution is -2.42. The van der Waals surface area contributed by atoms with Gasteiger partial charge in [0.2, 0.25) is 5.91 Å². The second-order valence-corrected chi connectivity index (χ2v) is 5.53. The molecule has 1 unspecified atom stereocenters. The summed E-state index contributed by atoms with van der Waals surface area (Å²) in [4.78, 5) is 12.8. The Kier molecular flexibility index (Phi) is 4.24. The van der Waals surface area contributed by atoms with Gasteiger partial charge in [0.1, 0.15) is 5.82 Å². The SMILES string of the molecule is CC[C@@H](N)C(=O)NC1CCSc2ccc(F)cc21. The Hall–Kier alpha value is -1.07. The van der Waals surface area contributed by atoms with E-state index >= 15 is 0 Å². The van der Waals surface area contributed by atoms with E-state index in [1.807, 2.05) is 6.92 Å². The molecule has 2 rings (SSSR count). The third kappa shape index (κ3) is 2.84. The van der Waals surface area contributed by atoms with E-state index in [1.54, 1.807) is 17.8 Å². The minimum absolute atomic E-state index is 0.123.